The molecular formula is C21H29N3O2. The van der Waals surface area contributed by atoms with Crippen molar-refractivity contribution < 1.29 is 9.90 Å². The number of aliphatic carboxylic acids is 1. The van der Waals surface area contributed by atoms with Crippen molar-refractivity contribution in [3.05, 3.63) is 59.2 Å². The maximum atomic E-state index is 10.8. The van der Waals surface area contributed by atoms with E-state index in [2.05, 4.69) is 41.3 Å². The maximum Gasteiger partial charge on any atom is 0.309 e. The number of pyridine rings is 2. The topological polar surface area (TPSA) is 75.1 Å². The number of carbonyl (C=O) groups is 1. The van der Waals surface area contributed by atoms with Gasteiger partial charge in [0.05, 0.1) is 17.8 Å². The number of carboxylic acids is 1. The van der Waals surface area contributed by atoms with E-state index < -0.39 is 5.97 Å². The fraction of sp³-hybridized carbons (Fsp3) is 0.476. The van der Waals surface area contributed by atoms with Crippen molar-refractivity contribution in [1.82, 2.24) is 15.3 Å². The standard InChI is InChI=1S/C21H29N3O2/c1-3-6-16-10-11-22-20(12-16)13-17(7-4-2)23-15-19-9-5-8-18(24-19)14-21(25)26/h5,8-12,17,23H,3-4,6-7,13-15H2,1-2H3,(H,25,26). The zero-order chi connectivity index (χ0) is 18.8. The van der Waals surface area contributed by atoms with E-state index >= 15 is 0 Å². The summed E-state index contributed by atoms with van der Waals surface area (Å²) in [6.07, 6.45) is 7.13. The molecule has 0 aliphatic heterocycles. The molecular weight excluding hydrogens is 326 g/mol. The van der Waals surface area contributed by atoms with Gasteiger partial charge in [-0.15, -0.1) is 0 Å². The van der Waals surface area contributed by atoms with Gasteiger partial charge < -0.3 is 10.4 Å². The van der Waals surface area contributed by atoms with E-state index in [0.29, 0.717) is 18.3 Å². The van der Waals surface area contributed by atoms with Crippen molar-refractivity contribution >= 4 is 5.97 Å². The molecule has 2 aromatic rings. The minimum atomic E-state index is -0.857. The van der Waals surface area contributed by atoms with Crippen molar-refractivity contribution in [2.75, 3.05) is 0 Å². The molecule has 5 heteroatoms. The summed E-state index contributed by atoms with van der Waals surface area (Å²) in [6.45, 7) is 5.00. The molecule has 0 saturated carbocycles. The summed E-state index contributed by atoms with van der Waals surface area (Å²) in [7, 11) is 0. The highest BCUT2D eigenvalue weighted by Crippen LogP contribution is 2.10. The first kappa shape index (κ1) is 20.0. The minimum absolute atomic E-state index is 0.0413. The van der Waals surface area contributed by atoms with E-state index in [1.165, 1.54) is 5.56 Å². The lowest BCUT2D eigenvalue weighted by molar-refractivity contribution is -0.136. The quantitative estimate of drug-likeness (QED) is 0.645. The Bertz CT molecular complexity index is 703. The average molecular weight is 355 g/mol. The van der Waals surface area contributed by atoms with Crippen molar-refractivity contribution in [2.45, 2.75) is 65.0 Å². The van der Waals surface area contributed by atoms with Crippen LogP contribution in [-0.2, 0) is 30.6 Å². The summed E-state index contributed by atoms with van der Waals surface area (Å²) in [5.41, 5.74) is 3.93. The molecule has 2 aromatic heterocycles. The van der Waals surface area contributed by atoms with Gasteiger partial charge in [-0.3, -0.25) is 14.8 Å². The van der Waals surface area contributed by atoms with Crippen LogP contribution in [0.25, 0.3) is 0 Å². The summed E-state index contributed by atoms with van der Waals surface area (Å²) in [5.74, 6) is -0.857. The van der Waals surface area contributed by atoms with Gasteiger partial charge in [0.25, 0.3) is 0 Å². The second-order valence-electron chi connectivity index (χ2n) is 6.67. The third kappa shape index (κ3) is 6.92. The van der Waals surface area contributed by atoms with Gasteiger partial charge in [0.1, 0.15) is 0 Å². The van der Waals surface area contributed by atoms with E-state index in [1.807, 2.05) is 18.3 Å². The molecule has 0 amide bonds. The summed E-state index contributed by atoms with van der Waals surface area (Å²) >= 11 is 0. The lowest BCUT2D eigenvalue weighted by Crippen LogP contribution is -2.31. The molecule has 2 N–H and O–H groups in total. The van der Waals surface area contributed by atoms with Crippen molar-refractivity contribution in [3.63, 3.8) is 0 Å². The molecule has 0 spiro atoms. The summed E-state index contributed by atoms with van der Waals surface area (Å²) < 4.78 is 0. The van der Waals surface area contributed by atoms with E-state index in [-0.39, 0.29) is 6.42 Å². The molecule has 0 aliphatic rings. The van der Waals surface area contributed by atoms with Crippen LogP contribution in [0.2, 0.25) is 0 Å². The Morgan fingerprint density at radius 1 is 1.15 bits per heavy atom. The van der Waals surface area contributed by atoms with Gasteiger partial charge in [0.2, 0.25) is 0 Å². The molecule has 1 atom stereocenters. The van der Waals surface area contributed by atoms with Crippen LogP contribution in [0.15, 0.2) is 36.5 Å². The number of hydrogen-bond donors (Lipinski definition) is 2. The second kappa shape index (κ2) is 10.7. The van der Waals surface area contributed by atoms with Crippen molar-refractivity contribution in [2.24, 2.45) is 0 Å². The highest BCUT2D eigenvalue weighted by Gasteiger charge is 2.11. The summed E-state index contributed by atoms with van der Waals surface area (Å²) in [5, 5.41) is 12.5. The normalized spacial score (nSPS) is 12.1. The maximum absolute atomic E-state index is 10.8. The Labute approximate surface area is 155 Å². The van der Waals surface area contributed by atoms with Gasteiger partial charge in [0, 0.05) is 30.9 Å². The largest absolute Gasteiger partial charge is 0.481 e. The predicted octanol–water partition coefficient (Wildman–Crippen LogP) is 3.56. The van der Waals surface area contributed by atoms with Crippen LogP contribution in [0.4, 0.5) is 0 Å². The van der Waals surface area contributed by atoms with E-state index in [1.54, 1.807) is 6.07 Å². The molecule has 1 unspecified atom stereocenters. The first-order valence-electron chi connectivity index (χ1n) is 9.44. The number of nitrogens with zero attached hydrogens (tertiary/aromatic N) is 2. The smallest absolute Gasteiger partial charge is 0.309 e. The lowest BCUT2D eigenvalue weighted by Gasteiger charge is -2.18. The lowest BCUT2D eigenvalue weighted by atomic mass is 10.0. The molecule has 0 aromatic carbocycles. The van der Waals surface area contributed by atoms with Crippen molar-refractivity contribution in [1.29, 1.82) is 0 Å². The monoisotopic (exact) mass is 355 g/mol. The predicted molar refractivity (Wildman–Crippen MR) is 103 cm³/mol. The highest BCUT2D eigenvalue weighted by atomic mass is 16.4. The molecule has 140 valence electrons. The van der Waals surface area contributed by atoms with Gasteiger partial charge in [-0.05, 0) is 42.7 Å². The number of nitrogens with one attached hydrogen (secondary N) is 1. The number of hydrogen-bond acceptors (Lipinski definition) is 4. The fourth-order valence-electron chi connectivity index (χ4n) is 3.09. The zero-order valence-electron chi connectivity index (χ0n) is 15.7. The van der Waals surface area contributed by atoms with Crippen LogP contribution >= 0.6 is 0 Å². The van der Waals surface area contributed by atoms with E-state index in [4.69, 9.17) is 5.11 Å². The first-order chi connectivity index (χ1) is 12.6. The molecule has 2 rings (SSSR count). The molecule has 26 heavy (non-hydrogen) atoms. The van der Waals surface area contributed by atoms with Crippen LogP contribution in [-0.4, -0.2) is 27.1 Å². The van der Waals surface area contributed by atoms with Gasteiger partial charge >= 0.3 is 5.97 Å². The van der Waals surface area contributed by atoms with Crippen LogP contribution in [0.1, 0.15) is 55.8 Å². The third-order valence-electron chi connectivity index (χ3n) is 4.28. The number of carboxylic acid groups (broad SMARTS) is 1. The molecule has 0 bridgehead atoms. The van der Waals surface area contributed by atoms with Crippen molar-refractivity contribution in [3.8, 4) is 0 Å². The van der Waals surface area contributed by atoms with Gasteiger partial charge in [-0.1, -0.05) is 32.8 Å². The third-order valence-corrected chi connectivity index (χ3v) is 4.28. The molecule has 0 radical (unpaired) electrons. The number of aryl methyl sites for hydroxylation is 1. The number of rotatable bonds is 11. The molecule has 0 saturated heterocycles. The average Bonchev–Trinajstić information content (AvgIpc) is 2.60. The Kier molecular flexibility index (Phi) is 8.22. The first-order valence-corrected chi connectivity index (χ1v) is 9.44. The molecule has 5 nitrogen and oxygen atoms in total. The summed E-state index contributed by atoms with van der Waals surface area (Å²) in [4.78, 5) is 19.8. The van der Waals surface area contributed by atoms with Crippen LogP contribution in [0.5, 0.6) is 0 Å². The van der Waals surface area contributed by atoms with E-state index in [0.717, 1.165) is 43.5 Å². The van der Waals surface area contributed by atoms with Gasteiger partial charge in [-0.2, -0.15) is 0 Å². The Morgan fingerprint density at radius 3 is 2.69 bits per heavy atom. The SMILES string of the molecule is CCCc1ccnc(CC(CCC)NCc2cccc(CC(=O)O)n2)c1. The Hall–Kier alpha value is -2.27. The van der Waals surface area contributed by atoms with Gasteiger partial charge in [-0.25, -0.2) is 0 Å². The van der Waals surface area contributed by atoms with Crippen LogP contribution in [0, 0.1) is 0 Å². The Balaban J connectivity index is 1.97. The fourth-order valence-corrected chi connectivity index (χ4v) is 3.09. The Morgan fingerprint density at radius 2 is 1.96 bits per heavy atom. The highest BCUT2D eigenvalue weighted by molar-refractivity contribution is 5.69. The van der Waals surface area contributed by atoms with Crippen LogP contribution in [0.3, 0.4) is 0 Å². The zero-order valence-corrected chi connectivity index (χ0v) is 15.7. The van der Waals surface area contributed by atoms with Gasteiger partial charge in [0.15, 0.2) is 0 Å². The molecule has 0 aliphatic carbocycles. The summed E-state index contributed by atoms with van der Waals surface area (Å²) in [6, 6.07) is 10.2. The minimum Gasteiger partial charge on any atom is -0.481 e. The second-order valence-corrected chi connectivity index (χ2v) is 6.67. The van der Waals surface area contributed by atoms with E-state index in [9.17, 15) is 4.79 Å². The molecule has 0 fully saturated rings. The number of aromatic nitrogens is 2. The molecule has 2 heterocycles. The van der Waals surface area contributed by atoms with Crippen LogP contribution < -0.4 is 5.32 Å².